The molecule has 0 unspecified atom stereocenters. The number of nitrogens with one attached hydrogen (secondary N) is 2. The first kappa shape index (κ1) is 14.9. The molecule has 0 saturated heterocycles. The van der Waals surface area contributed by atoms with Crippen molar-refractivity contribution < 1.29 is 4.79 Å². The van der Waals surface area contributed by atoms with Gasteiger partial charge in [-0.15, -0.1) is 10.2 Å². The van der Waals surface area contributed by atoms with Crippen LogP contribution in [0.15, 0.2) is 16.7 Å². The van der Waals surface area contributed by atoms with Crippen LogP contribution in [-0.4, -0.2) is 27.6 Å². The van der Waals surface area contributed by atoms with E-state index in [0.29, 0.717) is 16.5 Å². The molecule has 0 saturated carbocycles. The van der Waals surface area contributed by atoms with E-state index in [0.717, 1.165) is 22.4 Å². The molecule has 106 valence electrons. The van der Waals surface area contributed by atoms with Crippen LogP contribution in [-0.2, 0) is 0 Å². The van der Waals surface area contributed by atoms with Gasteiger partial charge >= 0.3 is 0 Å². The topological polar surface area (TPSA) is 79.8 Å². The van der Waals surface area contributed by atoms with Crippen LogP contribution in [0.2, 0.25) is 0 Å². The predicted octanol–water partition coefficient (Wildman–Crippen LogP) is 3.08. The zero-order valence-electron chi connectivity index (χ0n) is 11.1. The number of nitrogens with zero attached hydrogens (tertiary/aromatic N) is 3. The van der Waals surface area contributed by atoms with Gasteiger partial charge in [-0.3, -0.25) is 10.1 Å². The van der Waals surface area contributed by atoms with Crippen molar-refractivity contribution in [2.75, 3.05) is 17.2 Å². The number of hydrogen-bond donors (Lipinski definition) is 2. The van der Waals surface area contributed by atoms with Crippen molar-refractivity contribution in [2.24, 2.45) is 0 Å². The summed E-state index contributed by atoms with van der Waals surface area (Å²) in [7, 11) is 0. The van der Waals surface area contributed by atoms with E-state index in [4.69, 9.17) is 0 Å². The van der Waals surface area contributed by atoms with E-state index in [2.05, 4.69) is 48.7 Å². The lowest BCUT2D eigenvalue weighted by atomic mass is 10.2. The second-order valence-electron chi connectivity index (χ2n) is 4.06. The third-order valence-electron chi connectivity index (χ3n) is 2.39. The van der Waals surface area contributed by atoms with Crippen LogP contribution in [0.25, 0.3) is 0 Å². The molecular formula is C12H14BrN5OS. The van der Waals surface area contributed by atoms with Crippen molar-refractivity contribution in [3.05, 3.63) is 27.3 Å². The average molecular weight is 356 g/mol. The standard InChI is InChI=1S/C12H14BrN5OS/c1-3-4-14-10-9(5-8(13)6-15-10)11(19)16-12-18-17-7(2)20-12/h5-6H,3-4H2,1-2H3,(H,14,15)(H,16,18,19). The van der Waals surface area contributed by atoms with Crippen LogP contribution in [0.1, 0.15) is 28.7 Å². The number of hydrogen-bond acceptors (Lipinski definition) is 6. The summed E-state index contributed by atoms with van der Waals surface area (Å²) in [5, 5.41) is 14.9. The maximum absolute atomic E-state index is 12.3. The summed E-state index contributed by atoms with van der Waals surface area (Å²) in [6.07, 6.45) is 2.61. The number of pyridine rings is 1. The average Bonchev–Trinajstić information content (AvgIpc) is 2.82. The van der Waals surface area contributed by atoms with Crippen molar-refractivity contribution in [1.29, 1.82) is 0 Å². The first-order valence-corrected chi connectivity index (χ1v) is 7.72. The molecule has 20 heavy (non-hydrogen) atoms. The fourth-order valence-corrected chi connectivity index (χ4v) is 2.43. The molecule has 2 aromatic rings. The quantitative estimate of drug-likeness (QED) is 0.861. The van der Waals surface area contributed by atoms with Crippen LogP contribution in [0.3, 0.4) is 0 Å². The summed E-state index contributed by atoms with van der Waals surface area (Å²) < 4.78 is 0.748. The van der Waals surface area contributed by atoms with E-state index >= 15 is 0 Å². The zero-order valence-corrected chi connectivity index (χ0v) is 13.5. The Balaban J connectivity index is 2.21. The Labute approximate surface area is 129 Å². The molecule has 0 aliphatic rings. The summed E-state index contributed by atoms with van der Waals surface area (Å²) >= 11 is 4.66. The number of carbonyl (C=O) groups is 1. The van der Waals surface area contributed by atoms with Gasteiger partial charge in [-0.1, -0.05) is 18.3 Å². The second kappa shape index (κ2) is 6.76. The first-order valence-electron chi connectivity index (χ1n) is 6.11. The SMILES string of the molecule is CCCNc1ncc(Br)cc1C(=O)Nc1nnc(C)s1. The molecule has 0 radical (unpaired) electrons. The van der Waals surface area contributed by atoms with Gasteiger partial charge in [0.2, 0.25) is 5.13 Å². The van der Waals surface area contributed by atoms with Crippen molar-refractivity contribution >= 4 is 44.1 Å². The first-order chi connectivity index (χ1) is 9.60. The predicted molar refractivity (Wildman–Crippen MR) is 83.3 cm³/mol. The largest absolute Gasteiger partial charge is 0.369 e. The van der Waals surface area contributed by atoms with Crippen LogP contribution in [0, 0.1) is 6.92 Å². The maximum Gasteiger partial charge on any atom is 0.261 e. The van der Waals surface area contributed by atoms with Gasteiger partial charge in [-0.05, 0) is 35.3 Å². The third-order valence-corrected chi connectivity index (χ3v) is 3.58. The fourth-order valence-electron chi connectivity index (χ4n) is 1.51. The van der Waals surface area contributed by atoms with Gasteiger partial charge in [0, 0.05) is 17.2 Å². The summed E-state index contributed by atoms with van der Waals surface area (Å²) in [5.74, 6) is 0.308. The lowest BCUT2D eigenvalue weighted by Crippen LogP contribution is -2.16. The molecule has 0 aliphatic carbocycles. The van der Waals surface area contributed by atoms with E-state index in [1.54, 1.807) is 12.3 Å². The number of anilines is 2. The summed E-state index contributed by atoms with van der Waals surface area (Å²) in [6.45, 7) is 4.64. The van der Waals surface area contributed by atoms with Crippen molar-refractivity contribution in [2.45, 2.75) is 20.3 Å². The molecule has 1 amide bonds. The minimum atomic E-state index is -0.256. The summed E-state index contributed by atoms with van der Waals surface area (Å²) in [4.78, 5) is 16.5. The molecule has 8 heteroatoms. The highest BCUT2D eigenvalue weighted by molar-refractivity contribution is 9.10. The number of halogens is 1. The van der Waals surface area contributed by atoms with Gasteiger partial charge in [0.1, 0.15) is 10.8 Å². The van der Waals surface area contributed by atoms with Crippen LogP contribution in [0.4, 0.5) is 10.9 Å². The van der Waals surface area contributed by atoms with E-state index in [1.165, 1.54) is 11.3 Å². The second-order valence-corrected chi connectivity index (χ2v) is 6.15. The van der Waals surface area contributed by atoms with Crippen molar-refractivity contribution in [3.63, 3.8) is 0 Å². The lowest BCUT2D eigenvalue weighted by Gasteiger charge is -2.10. The van der Waals surface area contributed by atoms with Gasteiger partial charge in [-0.2, -0.15) is 0 Å². The minimum absolute atomic E-state index is 0.256. The van der Waals surface area contributed by atoms with Gasteiger partial charge in [0.25, 0.3) is 5.91 Å². The Morgan fingerprint density at radius 2 is 2.25 bits per heavy atom. The number of aromatic nitrogens is 3. The molecule has 6 nitrogen and oxygen atoms in total. The maximum atomic E-state index is 12.3. The molecule has 0 bridgehead atoms. The Morgan fingerprint density at radius 1 is 1.45 bits per heavy atom. The number of carbonyl (C=O) groups excluding carboxylic acids is 1. The van der Waals surface area contributed by atoms with E-state index in [1.807, 2.05) is 6.92 Å². The molecule has 0 aliphatic heterocycles. The molecule has 2 N–H and O–H groups in total. The minimum Gasteiger partial charge on any atom is -0.369 e. The Kier molecular flexibility index (Phi) is 5.02. The zero-order chi connectivity index (χ0) is 14.5. The monoisotopic (exact) mass is 355 g/mol. The molecule has 0 aromatic carbocycles. The number of aryl methyl sites for hydroxylation is 1. The number of rotatable bonds is 5. The molecule has 2 heterocycles. The van der Waals surface area contributed by atoms with Crippen LogP contribution >= 0.6 is 27.3 Å². The third kappa shape index (κ3) is 3.73. The van der Waals surface area contributed by atoms with Gasteiger partial charge in [0.15, 0.2) is 0 Å². The molecule has 0 spiro atoms. The molecule has 2 rings (SSSR count). The highest BCUT2D eigenvalue weighted by Gasteiger charge is 2.15. The van der Waals surface area contributed by atoms with E-state index < -0.39 is 0 Å². The van der Waals surface area contributed by atoms with Crippen LogP contribution < -0.4 is 10.6 Å². The van der Waals surface area contributed by atoms with E-state index in [9.17, 15) is 4.79 Å². The number of amides is 1. The fraction of sp³-hybridized carbons (Fsp3) is 0.333. The highest BCUT2D eigenvalue weighted by Crippen LogP contribution is 2.21. The van der Waals surface area contributed by atoms with E-state index in [-0.39, 0.29) is 5.91 Å². The normalized spacial score (nSPS) is 10.3. The van der Waals surface area contributed by atoms with Crippen molar-refractivity contribution in [3.8, 4) is 0 Å². The molecular weight excluding hydrogens is 342 g/mol. The summed E-state index contributed by atoms with van der Waals surface area (Å²) in [6, 6.07) is 1.73. The van der Waals surface area contributed by atoms with Crippen LogP contribution in [0.5, 0.6) is 0 Å². The van der Waals surface area contributed by atoms with Gasteiger partial charge < -0.3 is 5.32 Å². The van der Waals surface area contributed by atoms with Gasteiger partial charge in [0.05, 0.1) is 5.56 Å². The molecule has 0 atom stereocenters. The highest BCUT2D eigenvalue weighted by atomic mass is 79.9. The molecule has 0 fully saturated rings. The smallest absolute Gasteiger partial charge is 0.261 e. The Morgan fingerprint density at radius 3 is 2.90 bits per heavy atom. The Bertz CT molecular complexity index is 616. The Hall–Kier alpha value is -1.54. The summed E-state index contributed by atoms with van der Waals surface area (Å²) in [5.41, 5.74) is 0.473. The lowest BCUT2D eigenvalue weighted by molar-refractivity contribution is 0.102. The van der Waals surface area contributed by atoms with Gasteiger partial charge in [-0.25, -0.2) is 4.98 Å². The van der Waals surface area contributed by atoms with Crippen molar-refractivity contribution in [1.82, 2.24) is 15.2 Å². The molecule has 2 aromatic heterocycles.